The lowest BCUT2D eigenvalue weighted by Crippen LogP contribution is -2.37. The lowest BCUT2D eigenvalue weighted by atomic mass is 10.0. The van der Waals surface area contributed by atoms with Crippen molar-refractivity contribution in [1.29, 1.82) is 0 Å². The van der Waals surface area contributed by atoms with E-state index in [9.17, 15) is 5.41 Å². The summed E-state index contributed by atoms with van der Waals surface area (Å²) in [6.45, 7) is 2.63. The maximum absolute atomic E-state index is 10.4. The van der Waals surface area contributed by atoms with Gasteiger partial charge in [0.15, 0.2) is 11.6 Å². The quantitative estimate of drug-likeness (QED) is 0.510. The monoisotopic (exact) mass is 444 g/mol. The van der Waals surface area contributed by atoms with Crippen LogP contribution in [0.1, 0.15) is 5.56 Å². The van der Waals surface area contributed by atoms with Crippen LogP contribution >= 0.6 is 0 Å². The Bertz CT molecular complexity index is 1130. The zero-order valence-electron chi connectivity index (χ0n) is 18.7. The molecule has 0 bridgehead atoms. The second-order valence-corrected chi connectivity index (χ2v) is 7.31. The van der Waals surface area contributed by atoms with Crippen molar-refractivity contribution in [2.75, 3.05) is 50.7 Å². The van der Waals surface area contributed by atoms with Crippen molar-refractivity contribution in [1.82, 2.24) is 20.3 Å². The van der Waals surface area contributed by atoms with E-state index in [0.717, 1.165) is 11.3 Å². The van der Waals surface area contributed by atoms with Crippen molar-refractivity contribution in [3.05, 3.63) is 72.0 Å². The van der Waals surface area contributed by atoms with Gasteiger partial charge >= 0.3 is 0 Å². The van der Waals surface area contributed by atoms with Gasteiger partial charge in [-0.25, -0.2) is 4.98 Å². The molecule has 3 heterocycles. The molecule has 1 aliphatic rings. The van der Waals surface area contributed by atoms with Gasteiger partial charge in [-0.2, -0.15) is 4.98 Å². The maximum atomic E-state index is 10.4. The number of benzene rings is 1. The smallest absolute Gasteiger partial charge is 0.228 e. The molecule has 2 N–H and O–H groups in total. The summed E-state index contributed by atoms with van der Waals surface area (Å²) >= 11 is 0. The first kappa shape index (κ1) is 22.2. The SMILES string of the molecule is CN/C=C\C(=[N-])c1cccc(-c2nc(N3CCOCC3)nc(Nc3cccnc3)c2OC)c1. The Morgan fingerprint density at radius 1 is 1.18 bits per heavy atom. The number of ether oxygens (including phenoxy) is 2. The summed E-state index contributed by atoms with van der Waals surface area (Å²) in [5.41, 5.74) is 2.99. The molecular weight excluding hydrogens is 418 g/mol. The minimum atomic E-state index is 0.140. The van der Waals surface area contributed by atoms with E-state index in [1.54, 1.807) is 38.8 Å². The number of allylic oxidation sites excluding steroid dienone is 1. The molecule has 0 aliphatic carbocycles. The van der Waals surface area contributed by atoms with Crippen LogP contribution in [0.25, 0.3) is 16.7 Å². The lowest BCUT2D eigenvalue weighted by molar-refractivity contribution is 0.122. The van der Waals surface area contributed by atoms with Gasteiger partial charge in [-0.05, 0) is 30.0 Å². The van der Waals surface area contributed by atoms with Gasteiger partial charge in [0.05, 0.1) is 32.2 Å². The zero-order valence-corrected chi connectivity index (χ0v) is 18.7. The van der Waals surface area contributed by atoms with Gasteiger partial charge < -0.3 is 30.4 Å². The third-order valence-corrected chi connectivity index (χ3v) is 5.12. The molecule has 1 aliphatic heterocycles. The number of methoxy groups -OCH3 is 1. The van der Waals surface area contributed by atoms with Crippen LogP contribution in [0.5, 0.6) is 5.75 Å². The summed E-state index contributed by atoms with van der Waals surface area (Å²) in [6, 6.07) is 11.3. The van der Waals surface area contributed by atoms with Gasteiger partial charge in [0.25, 0.3) is 0 Å². The Hall–Kier alpha value is -3.98. The molecule has 0 atom stereocenters. The normalized spacial score (nSPS) is 13.7. The van der Waals surface area contributed by atoms with Gasteiger partial charge in [-0.3, -0.25) is 4.98 Å². The topological polar surface area (TPSA) is 107 Å². The summed E-state index contributed by atoms with van der Waals surface area (Å²) in [5, 5.41) is 16.6. The van der Waals surface area contributed by atoms with E-state index in [4.69, 9.17) is 19.4 Å². The van der Waals surface area contributed by atoms with Crippen molar-refractivity contribution in [3.63, 3.8) is 0 Å². The van der Waals surface area contributed by atoms with E-state index in [2.05, 4.69) is 20.5 Å². The highest BCUT2D eigenvalue weighted by Crippen LogP contribution is 2.37. The van der Waals surface area contributed by atoms with Crippen LogP contribution in [0.15, 0.2) is 61.1 Å². The number of hydrogen-bond donors (Lipinski definition) is 2. The predicted octanol–water partition coefficient (Wildman–Crippen LogP) is 3.22. The van der Waals surface area contributed by atoms with Gasteiger partial charge in [0.1, 0.15) is 5.69 Å². The number of anilines is 3. The van der Waals surface area contributed by atoms with Crippen LogP contribution in [0.2, 0.25) is 0 Å². The third-order valence-electron chi connectivity index (χ3n) is 5.12. The van der Waals surface area contributed by atoms with Crippen LogP contribution in [0.4, 0.5) is 17.5 Å². The summed E-state index contributed by atoms with van der Waals surface area (Å²) in [4.78, 5) is 15.9. The van der Waals surface area contributed by atoms with Gasteiger partial charge in [-0.15, -0.1) is 5.71 Å². The van der Waals surface area contributed by atoms with Crippen LogP contribution < -0.4 is 20.3 Å². The molecule has 0 saturated carbocycles. The molecule has 0 radical (unpaired) electrons. The highest BCUT2D eigenvalue weighted by molar-refractivity contribution is 6.11. The molecule has 9 heteroatoms. The molecule has 1 fully saturated rings. The highest BCUT2D eigenvalue weighted by atomic mass is 16.5. The van der Waals surface area contributed by atoms with Gasteiger partial charge in [-0.1, -0.05) is 24.3 Å². The van der Waals surface area contributed by atoms with Crippen LogP contribution in [-0.2, 0) is 4.74 Å². The molecule has 2 aromatic heterocycles. The Morgan fingerprint density at radius 3 is 2.76 bits per heavy atom. The molecule has 4 rings (SSSR count). The molecule has 0 amide bonds. The van der Waals surface area contributed by atoms with Crippen LogP contribution in [0.3, 0.4) is 0 Å². The minimum absolute atomic E-state index is 0.140. The van der Waals surface area contributed by atoms with Gasteiger partial charge in [0, 0.05) is 31.9 Å². The average molecular weight is 445 g/mol. The number of aromatic nitrogens is 3. The van der Waals surface area contributed by atoms with E-state index in [1.165, 1.54) is 0 Å². The Balaban J connectivity index is 1.81. The predicted molar refractivity (Wildman–Crippen MR) is 130 cm³/mol. The van der Waals surface area contributed by atoms with E-state index in [0.29, 0.717) is 55.1 Å². The molecule has 33 heavy (non-hydrogen) atoms. The first-order chi connectivity index (χ1) is 16.2. The Labute approximate surface area is 193 Å². The van der Waals surface area contributed by atoms with Crippen LogP contribution in [-0.4, -0.2) is 61.1 Å². The molecule has 3 aromatic rings. The number of hydrogen-bond acceptors (Lipinski definition) is 8. The van der Waals surface area contributed by atoms with E-state index in [1.807, 2.05) is 36.4 Å². The van der Waals surface area contributed by atoms with Crippen molar-refractivity contribution in [2.24, 2.45) is 0 Å². The molecule has 1 aromatic carbocycles. The molecule has 0 unspecified atom stereocenters. The Morgan fingerprint density at radius 2 is 2.03 bits per heavy atom. The number of nitrogens with zero attached hydrogens (tertiary/aromatic N) is 5. The number of nitrogens with one attached hydrogen (secondary N) is 2. The molecular formula is C24H26N7O2-. The average Bonchev–Trinajstić information content (AvgIpc) is 2.88. The maximum Gasteiger partial charge on any atom is 0.228 e. The van der Waals surface area contributed by atoms with E-state index >= 15 is 0 Å². The summed E-state index contributed by atoms with van der Waals surface area (Å²) in [6.07, 6.45) is 6.70. The number of morpholine rings is 1. The minimum Gasteiger partial charge on any atom is -0.803 e. The molecule has 0 spiro atoms. The van der Waals surface area contributed by atoms with Crippen molar-refractivity contribution < 1.29 is 9.47 Å². The first-order valence-electron chi connectivity index (χ1n) is 10.7. The standard InChI is InChI=1S/C24H26N7O2/c1-26-10-8-20(25)17-5-3-6-18(15-17)21-22(32-2)23(28-19-7-4-9-27-16-19)30-24(29-21)31-11-13-33-14-12-31/h3-10,15-16,26H,11-14H2,1-2H3,(H,28,29,30)/q-1/b10-8-. The summed E-state index contributed by atoms with van der Waals surface area (Å²) < 4.78 is 11.3. The Kier molecular flexibility index (Phi) is 7.11. The fourth-order valence-corrected chi connectivity index (χ4v) is 3.47. The van der Waals surface area contributed by atoms with Crippen LogP contribution in [0, 0.1) is 0 Å². The second kappa shape index (κ2) is 10.6. The van der Waals surface area contributed by atoms with E-state index in [-0.39, 0.29) is 5.71 Å². The molecule has 9 nitrogen and oxygen atoms in total. The fraction of sp³-hybridized carbons (Fsp3) is 0.250. The largest absolute Gasteiger partial charge is 0.803 e. The highest BCUT2D eigenvalue weighted by Gasteiger charge is 2.22. The fourth-order valence-electron chi connectivity index (χ4n) is 3.47. The van der Waals surface area contributed by atoms with Crippen molar-refractivity contribution in [2.45, 2.75) is 0 Å². The zero-order chi connectivity index (χ0) is 23.0. The van der Waals surface area contributed by atoms with Gasteiger partial charge in [0.2, 0.25) is 5.95 Å². The first-order valence-corrected chi connectivity index (χ1v) is 10.7. The summed E-state index contributed by atoms with van der Waals surface area (Å²) in [5.74, 6) is 1.61. The second-order valence-electron chi connectivity index (χ2n) is 7.31. The number of rotatable bonds is 8. The van der Waals surface area contributed by atoms with E-state index < -0.39 is 0 Å². The summed E-state index contributed by atoms with van der Waals surface area (Å²) in [7, 11) is 3.37. The molecule has 1 saturated heterocycles. The molecule has 170 valence electrons. The van der Waals surface area contributed by atoms with Crippen molar-refractivity contribution in [3.8, 4) is 17.0 Å². The lowest BCUT2D eigenvalue weighted by Gasteiger charge is -2.28. The number of pyridine rings is 1. The van der Waals surface area contributed by atoms with Crippen molar-refractivity contribution >= 4 is 23.2 Å². The third kappa shape index (κ3) is 5.27.